The van der Waals surface area contributed by atoms with Crippen LogP contribution in [-0.2, 0) is 0 Å². The van der Waals surface area contributed by atoms with Crippen molar-refractivity contribution in [2.75, 3.05) is 45.8 Å². The van der Waals surface area contributed by atoms with Crippen LogP contribution in [0.1, 0.15) is 26.7 Å². The van der Waals surface area contributed by atoms with Crippen LogP contribution in [0, 0.1) is 12.3 Å². The Bertz CT molecular complexity index is 222. The lowest BCUT2D eigenvalue weighted by Gasteiger charge is -2.31. The van der Waals surface area contributed by atoms with Gasteiger partial charge in [0.05, 0.1) is 6.54 Å². The van der Waals surface area contributed by atoms with E-state index in [4.69, 9.17) is 6.42 Å². The molecule has 0 amide bonds. The Morgan fingerprint density at radius 3 is 2.47 bits per heavy atom. The Morgan fingerprint density at radius 1 is 1.29 bits per heavy atom. The maximum Gasteiger partial charge on any atom is 0.0598 e. The van der Waals surface area contributed by atoms with Crippen molar-refractivity contribution in [3.05, 3.63) is 0 Å². The molecule has 0 saturated carbocycles. The zero-order valence-electron chi connectivity index (χ0n) is 11.4. The molecule has 1 rings (SSSR count). The van der Waals surface area contributed by atoms with Gasteiger partial charge in [0, 0.05) is 32.2 Å². The van der Waals surface area contributed by atoms with Crippen molar-refractivity contribution in [3.63, 3.8) is 0 Å². The third-order valence-corrected chi connectivity index (χ3v) is 3.66. The first-order valence-corrected chi connectivity index (χ1v) is 6.91. The molecule has 98 valence electrons. The molecule has 1 N–H and O–H groups in total. The second-order valence-electron chi connectivity index (χ2n) is 4.74. The summed E-state index contributed by atoms with van der Waals surface area (Å²) in [5, 5.41) is 3.66. The number of nitrogens with one attached hydrogen (secondary N) is 1. The summed E-state index contributed by atoms with van der Waals surface area (Å²) in [5.41, 5.74) is 0. The molecule has 1 fully saturated rings. The summed E-state index contributed by atoms with van der Waals surface area (Å²) in [7, 11) is 0. The Kier molecular flexibility index (Phi) is 7.27. The molecule has 3 nitrogen and oxygen atoms in total. The van der Waals surface area contributed by atoms with E-state index in [2.05, 4.69) is 34.9 Å². The minimum Gasteiger partial charge on any atom is -0.313 e. The van der Waals surface area contributed by atoms with E-state index in [0.29, 0.717) is 6.04 Å². The number of hydrogen-bond donors (Lipinski definition) is 1. The summed E-state index contributed by atoms with van der Waals surface area (Å²) in [6, 6.07) is 0.694. The van der Waals surface area contributed by atoms with Gasteiger partial charge in [-0.15, -0.1) is 6.42 Å². The van der Waals surface area contributed by atoms with Crippen molar-refractivity contribution in [1.29, 1.82) is 0 Å². The highest BCUT2D eigenvalue weighted by atomic mass is 15.2. The molecule has 1 heterocycles. The van der Waals surface area contributed by atoms with Crippen LogP contribution in [0.2, 0.25) is 0 Å². The Morgan fingerprint density at radius 2 is 1.94 bits per heavy atom. The number of likely N-dealkylation sites (tertiary alicyclic amines) is 1. The average molecular weight is 237 g/mol. The SMILES string of the molecule is C#CCN1CCC(NCCN(CC)CC)CC1. The third-order valence-electron chi connectivity index (χ3n) is 3.66. The lowest BCUT2D eigenvalue weighted by Crippen LogP contribution is -2.44. The molecule has 0 aromatic rings. The lowest BCUT2D eigenvalue weighted by molar-refractivity contribution is 0.211. The Hall–Kier alpha value is -0.560. The van der Waals surface area contributed by atoms with Crippen molar-refractivity contribution >= 4 is 0 Å². The molecule has 0 bridgehead atoms. The zero-order valence-corrected chi connectivity index (χ0v) is 11.4. The van der Waals surface area contributed by atoms with E-state index in [1.807, 2.05) is 0 Å². The van der Waals surface area contributed by atoms with E-state index in [1.165, 1.54) is 12.8 Å². The highest BCUT2D eigenvalue weighted by Crippen LogP contribution is 2.09. The first-order chi connectivity index (χ1) is 8.30. The van der Waals surface area contributed by atoms with Crippen LogP contribution in [0.5, 0.6) is 0 Å². The monoisotopic (exact) mass is 237 g/mol. The first kappa shape index (κ1) is 14.5. The van der Waals surface area contributed by atoms with Crippen molar-refractivity contribution < 1.29 is 0 Å². The van der Waals surface area contributed by atoms with Gasteiger partial charge in [0.25, 0.3) is 0 Å². The van der Waals surface area contributed by atoms with Gasteiger partial charge in [0.2, 0.25) is 0 Å². The van der Waals surface area contributed by atoms with Gasteiger partial charge >= 0.3 is 0 Å². The molecule has 0 aromatic carbocycles. The number of likely N-dealkylation sites (N-methyl/N-ethyl adjacent to an activating group) is 1. The van der Waals surface area contributed by atoms with Crippen LogP contribution in [0.25, 0.3) is 0 Å². The summed E-state index contributed by atoms with van der Waals surface area (Å²) >= 11 is 0. The van der Waals surface area contributed by atoms with Crippen LogP contribution >= 0.6 is 0 Å². The molecule has 1 saturated heterocycles. The molecule has 0 aliphatic carbocycles. The van der Waals surface area contributed by atoms with Gasteiger partial charge in [-0.25, -0.2) is 0 Å². The average Bonchev–Trinajstić information content (AvgIpc) is 2.37. The molecule has 1 aliphatic rings. The fourth-order valence-corrected chi connectivity index (χ4v) is 2.39. The fraction of sp³-hybridized carbons (Fsp3) is 0.857. The predicted octanol–water partition coefficient (Wildman–Crippen LogP) is 1.02. The third kappa shape index (κ3) is 5.54. The van der Waals surface area contributed by atoms with E-state index in [-0.39, 0.29) is 0 Å². The van der Waals surface area contributed by atoms with Crippen LogP contribution in [0.4, 0.5) is 0 Å². The van der Waals surface area contributed by atoms with Crippen LogP contribution < -0.4 is 5.32 Å². The van der Waals surface area contributed by atoms with Gasteiger partial charge in [-0.1, -0.05) is 19.8 Å². The standard InChI is InChI=1S/C14H27N3/c1-4-10-17-11-7-14(8-12-17)15-9-13-16(5-2)6-3/h1,14-15H,5-13H2,2-3H3. The number of terminal acetylenes is 1. The summed E-state index contributed by atoms with van der Waals surface area (Å²) < 4.78 is 0. The summed E-state index contributed by atoms with van der Waals surface area (Å²) in [5.74, 6) is 2.72. The van der Waals surface area contributed by atoms with Gasteiger partial charge < -0.3 is 10.2 Å². The number of piperidine rings is 1. The lowest BCUT2D eigenvalue weighted by atomic mass is 10.1. The van der Waals surface area contributed by atoms with Crippen molar-refractivity contribution in [2.24, 2.45) is 0 Å². The first-order valence-electron chi connectivity index (χ1n) is 6.91. The molecule has 0 radical (unpaired) electrons. The Balaban J connectivity index is 2.08. The smallest absolute Gasteiger partial charge is 0.0598 e. The topological polar surface area (TPSA) is 18.5 Å². The number of hydrogen-bond acceptors (Lipinski definition) is 3. The summed E-state index contributed by atoms with van der Waals surface area (Å²) in [6.07, 6.45) is 7.80. The minimum atomic E-state index is 0.694. The predicted molar refractivity (Wildman–Crippen MR) is 74.1 cm³/mol. The van der Waals surface area contributed by atoms with Gasteiger partial charge in [-0.3, -0.25) is 4.90 Å². The molecular weight excluding hydrogens is 210 g/mol. The summed E-state index contributed by atoms with van der Waals surface area (Å²) in [4.78, 5) is 4.82. The van der Waals surface area contributed by atoms with Crippen LogP contribution in [-0.4, -0.2) is 61.7 Å². The van der Waals surface area contributed by atoms with Crippen molar-refractivity contribution in [1.82, 2.24) is 15.1 Å². The fourth-order valence-electron chi connectivity index (χ4n) is 2.39. The molecule has 17 heavy (non-hydrogen) atoms. The second-order valence-corrected chi connectivity index (χ2v) is 4.74. The normalized spacial score (nSPS) is 18.5. The minimum absolute atomic E-state index is 0.694. The van der Waals surface area contributed by atoms with Crippen molar-refractivity contribution in [2.45, 2.75) is 32.7 Å². The van der Waals surface area contributed by atoms with E-state index in [0.717, 1.165) is 45.8 Å². The molecular formula is C14H27N3. The van der Waals surface area contributed by atoms with Crippen LogP contribution in [0.3, 0.4) is 0 Å². The van der Waals surface area contributed by atoms with E-state index >= 15 is 0 Å². The highest BCUT2D eigenvalue weighted by Gasteiger charge is 2.17. The zero-order chi connectivity index (χ0) is 12.5. The molecule has 0 unspecified atom stereocenters. The molecule has 3 heteroatoms. The van der Waals surface area contributed by atoms with E-state index < -0.39 is 0 Å². The van der Waals surface area contributed by atoms with Gasteiger partial charge in [0.1, 0.15) is 0 Å². The maximum absolute atomic E-state index is 5.33. The van der Waals surface area contributed by atoms with E-state index in [1.54, 1.807) is 0 Å². The largest absolute Gasteiger partial charge is 0.313 e. The van der Waals surface area contributed by atoms with Crippen LogP contribution in [0.15, 0.2) is 0 Å². The van der Waals surface area contributed by atoms with Gasteiger partial charge in [-0.05, 0) is 25.9 Å². The van der Waals surface area contributed by atoms with Crippen molar-refractivity contribution in [3.8, 4) is 12.3 Å². The quantitative estimate of drug-likeness (QED) is 0.667. The Labute approximate surface area is 107 Å². The maximum atomic E-state index is 5.33. The van der Waals surface area contributed by atoms with Gasteiger partial charge in [-0.2, -0.15) is 0 Å². The molecule has 0 spiro atoms. The number of nitrogens with zero attached hydrogens (tertiary/aromatic N) is 2. The second kappa shape index (κ2) is 8.52. The van der Waals surface area contributed by atoms with Gasteiger partial charge in [0.15, 0.2) is 0 Å². The van der Waals surface area contributed by atoms with E-state index in [9.17, 15) is 0 Å². The summed E-state index contributed by atoms with van der Waals surface area (Å²) in [6.45, 7) is 12.1. The molecule has 0 atom stereocenters. The molecule has 0 aromatic heterocycles. The highest BCUT2D eigenvalue weighted by molar-refractivity contribution is 4.90. The molecule has 1 aliphatic heterocycles. The number of rotatable bonds is 7.